The van der Waals surface area contributed by atoms with Crippen molar-refractivity contribution in [2.24, 2.45) is 0 Å². The summed E-state index contributed by atoms with van der Waals surface area (Å²) in [5.41, 5.74) is 21.6. The Morgan fingerprint density at radius 2 is 0.698 bits per heavy atom. The van der Waals surface area contributed by atoms with Crippen LogP contribution in [0.25, 0.3) is 65.4 Å². The number of furan rings is 2. The summed E-state index contributed by atoms with van der Waals surface area (Å²) in [4.78, 5) is 4.76. The molecule has 0 amide bonds. The molecule has 0 unspecified atom stereocenters. The van der Waals surface area contributed by atoms with Crippen molar-refractivity contribution in [3.05, 3.63) is 190 Å². The highest BCUT2D eigenvalue weighted by molar-refractivity contribution is 6.20. The predicted octanol–water partition coefficient (Wildman–Crippen LogP) is 17.5. The first kappa shape index (κ1) is 38.6. The van der Waals surface area contributed by atoms with E-state index in [-0.39, 0.29) is 0 Å². The average molecular weight is 819 g/mol. The van der Waals surface area contributed by atoms with Gasteiger partial charge in [-0.05, 0) is 208 Å². The fourth-order valence-electron chi connectivity index (χ4n) is 9.67. The Hall–Kier alpha value is -7.30. The Labute approximate surface area is 368 Å². The van der Waals surface area contributed by atoms with Gasteiger partial charge in [0.25, 0.3) is 0 Å². The maximum Gasteiger partial charge on any atom is 0.142 e. The number of rotatable bonds is 6. The quantitative estimate of drug-likeness (QED) is 0.167. The topological polar surface area (TPSA) is 32.8 Å². The molecule has 0 spiro atoms. The van der Waals surface area contributed by atoms with Crippen LogP contribution < -0.4 is 9.80 Å². The van der Waals surface area contributed by atoms with Gasteiger partial charge in [0.2, 0.25) is 0 Å². The fourth-order valence-corrected chi connectivity index (χ4v) is 9.67. The third kappa shape index (κ3) is 6.19. The van der Waals surface area contributed by atoms with E-state index >= 15 is 0 Å². The van der Waals surface area contributed by atoms with Crippen molar-refractivity contribution in [3.8, 4) is 0 Å². The first-order chi connectivity index (χ1) is 30.4. The minimum atomic E-state index is 0.864. The Morgan fingerprint density at radius 3 is 1.11 bits per heavy atom. The minimum Gasteiger partial charge on any atom is -0.456 e. The van der Waals surface area contributed by atoms with E-state index in [9.17, 15) is 0 Å². The number of fused-ring (bicyclic) bond motifs is 8. The number of anilines is 6. The SMILES string of the molecule is Cc1ccc(N(c2ccc3cc4c(cc3c2)oc2c(C)c3oc5cc6cc(N(c7ccc(C)cc7)c7ccc(C)c(C)c7C)ccc6cc5c3cc24)c2ccc(C)c(C)c2C)cc1. The first-order valence-corrected chi connectivity index (χ1v) is 22.0. The fraction of sp³-hybridized carbons (Fsp3) is 0.153. The molecule has 0 saturated heterocycles. The zero-order valence-electron chi connectivity index (χ0n) is 37.5. The van der Waals surface area contributed by atoms with Crippen LogP contribution in [0.4, 0.5) is 34.1 Å². The first-order valence-electron chi connectivity index (χ1n) is 22.0. The highest BCUT2D eigenvalue weighted by atomic mass is 16.3. The van der Waals surface area contributed by atoms with Gasteiger partial charge in [-0.2, -0.15) is 0 Å². The molecule has 308 valence electrons. The van der Waals surface area contributed by atoms with Gasteiger partial charge in [-0.1, -0.05) is 59.7 Å². The molecular weight excluding hydrogens is 769 g/mol. The van der Waals surface area contributed by atoms with Gasteiger partial charge in [-0.3, -0.25) is 0 Å². The molecule has 9 aromatic carbocycles. The standard InChI is InChI=1S/C59H50N2O2/c1-33-10-18-46(19-11-33)60(54-24-14-35(3)37(5)39(54)7)48-22-16-42-28-50-52-32-53-51-29-43-17-23-49(61(47-20-12-34(2)13-21-47)55-25-15-36(4)38(6)40(55)8)27-45(43)31-57(51)63-59(53)41(9)58(52)62-56(50)30-44(42)26-48/h10-32H,1-9H3. The molecule has 0 aliphatic heterocycles. The lowest BCUT2D eigenvalue weighted by molar-refractivity contribution is 0.651. The van der Waals surface area contributed by atoms with Crippen LogP contribution in [0.15, 0.2) is 148 Å². The van der Waals surface area contributed by atoms with Crippen LogP contribution in [-0.4, -0.2) is 0 Å². The van der Waals surface area contributed by atoms with Gasteiger partial charge < -0.3 is 18.6 Å². The van der Waals surface area contributed by atoms with Crippen LogP contribution in [0.2, 0.25) is 0 Å². The monoisotopic (exact) mass is 818 g/mol. The van der Waals surface area contributed by atoms with Crippen molar-refractivity contribution in [3.63, 3.8) is 0 Å². The predicted molar refractivity (Wildman–Crippen MR) is 268 cm³/mol. The summed E-state index contributed by atoms with van der Waals surface area (Å²) >= 11 is 0. The summed E-state index contributed by atoms with van der Waals surface area (Å²) in [5, 5.41) is 9.01. The summed E-state index contributed by atoms with van der Waals surface area (Å²) in [6.45, 7) is 19.7. The summed E-state index contributed by atoms with van der Waals surface area (Å²) in [6, 6.07) is 51.4. The van der Waals surface area contributed by atoms with Crippen molar-refractivity contribution in [2.75, 3.05) is 9.80 Å². The van der Waals surface area contributed by atoms with Gasteiger partial charge in [0.05, 0.1) is 0 Å². The van der Waals surface area contributed by atoms with E-state index in [0.717, 1.165) is 83.0 Å². The molecule has 4 heteroatoms. The van der Waals surface area contributed by atoms with E-state index in [4.69, 9.17) is 8.83 Å². The van der Waals surface area contributed by atoms with Gasteiger partial charge >= 0.3 is 0 Å². The molecule has 0 aliphatic carbocycles. The molecular formula is C59H50N2O2. The average Bonchev–Trinajstić information content (AvgIpc) is 3.83. The normalized spacial score (nSPS) is 11.9. The lowest BCUT2D eigenvalue weighted by atomic mass is 9.99. The highest BCUT2D eigenvalue weighted by Gasteiger charge is 2.22. The third-order valence-corrected chi connectivity index (χ3v) is 13.9. The molecule has 0 aliphatic rings. The molecule has 0 bridgehead atoms. The van der Waals surface area contributed by atoms with E-state index in [1.807, 2.05) is 0 Å². The second-order valence-electron chi connectivity index (χ2n) is 17.9. The van der Waals surface area contributed by atoms with Crippen LogP contribution in [0.5, 0.6) is 0 Å². The zero-order chi connectivity index (χ0) is 43.4. The summed E-state index contributed by atoms with van der Waals surface area (Å²) < 4.78 is 13.6. The molecule has 4 nitrogen and oxygen atoms in total. The maximum absolute atomic E-state index is 6.78. The van der Waals surface area contributed by atoms with Gasteiger partial charge in [0.1, 0.15) is 22.3 Å². The van der Waals surface area contributed by atoms with E-state index in [1.165, 1.54) is 66.7 Å². The molecule has 0 radical (unpaired) electrons. The molecule has 11 aromatic rings. The van der Waals surface area contributed by atoms with Crippen molar-refractivity contribution >= 4 is 99.5 Å². The smallest absolute Gasteiger partial charge is 0.142 e. The second-order valence-corrected chi connectivity index (χ2v) is 17.9. The molecule has 0 saturated carbocycles. The van der Waals surface area contributed by atoms with Crippen LogP contribution in [0.3, 0.4) is 0 Å². The Kier molecular flexibility index (Phi) is 8.82. The third-order valence-electron chi connectivity index (χ3n) is 13.9. The lowest BCUT2D eigenvalue weighted by Gasteiger charge is -2.28. The van der Waals surface area contributed by atoms with Crippen molar-refractivity contribution in [1.29, 1.82) is 0 Å². The second kappa shape index (κ2) is 14.4. The van der Waals surface area contributed by atoms with E-state index in [0.29, 0.717) is 0 Å². The van der Waals surface area contributed by atoms with Gasteiger partial charge in [0.15, 0.2) is 0 Å². The number of nitrogens with zero attached hydrogens (tertiary/aromatic N) is 2. The lowest BCUT2D eigenvalue weighted by Crippen LogP contribution is -2.12. The number of benzene rings is 9. The van der Waals surface area contributed by atoms with Gasteiger partial charge in [0, 0.05) is 61.2 Å². The highest BCUT2D eigenvalue weighted by Crippen LogP contribution is 2.45. The molecule has 2 aromatic heterocycles. The maximum atomic E-state index is 6.78. The Balaban J connectivity index is 1.03. The van der Waals surface area contributed by atoms with Crippen molar-refractivity contribution in [2.45, 2.75) is 62.3 Å². The van der Waals surface area contributed by atoms with Gasteiger partial charge in [-0.25, -0.2) is 0 Å². The summed E-state index contributed by atoms with van der Waals surface area (Å²) in [6.07, 6.45) is 0. The summed E-state index contributed by atoms with van der Waals surface area (Å²) in [5.74, 6) is 0. The Bertz CT molecular complexity index is 3420. The van der Waals surface area contributed by atoms with Crippen LogP contribution >= 0.6 is 0 Å². The van der Waals surface area contributed by atoms with Crippen molar-refractivity contribution < 1.29 is 8.83 Å². The Morgan fingerprint density at radius 1 is 0.302 bits per heavy atom. The molecule has 63 heavy (non-hydrogen) atoms. The molecule has 0 fully saturated rings. The molecule has 0 atom stereocenters. The molecule has 2 heterocycles. The van der Waals surface area contributed by atoms with E-state index in [2.05, 4.69) is 212 Å². The number of hydrogen-bond donors (Lipinski definition) is 0. The number of aryl methyl sites for hydroxylation is 5. The van der Waals surface area contributed by atoms with E-state index in [1.54, 1.807) is 0 Å². The largest absolute Gasteiger partial charge is 0.456 e. The number of hydrogen-bond acceptors (Lipinski definition) is 4. The van der Waals surface area contributed by atoms with Gasteiger partial charge in [-0.15, -0.1) is 0 Å². The van der Waals surface area contributed by atoms with Crippen LogP contribution in [0, 0.1) is 62.3 Å². The molecule has 11 rings (SSSR count). The minimum absolute atomic E-state index is 0.864. The summed E-state index contributed by atoms with van der Waals surface area (Å²) in [7, 11) is 0. The molecule has 0 N–H and O–H groups in total. The zero-order valence-corrected chi connectivity index (χ0v) is 37.5. The van der Waals surface area contributed by atoms with Crippen LogP contribution in [-0.2, 0) is 0 Å². The van der Waals surface area contributed by atoms with Crippen molar-refractivity contribution in [1.82, 2.24) is 0 Å². The van der Waals surface area contributed by atoms with Crippen LogP contribution in [0.1, 0.15) is 50.1 Å². The van der Waals surface area contributed by atoms with E-state index < -0.39 is 0 Å².